The molecule has 3 N–H and O–H groups in total. The van der Waals surface area contributed by atoms with Crippen LogP contribution in [0.2, 0.25) is 5.02 Å². The molecule has 0 fully saturated rings. The van der Waals surface area contributed by atoms with Crippen molar-refractivity contribution >= 4 is 41.4 Å². The van der Waals surface area contributed by atoms with Crippen LogP contribution < -0.4 is 25.5 Å². The van der Waals surface area contributed by atoms with E-state index in [0.717, 1.165) is 0 Å². The summed E-state index contributed by atoms with van der Waals surface area (Å²) in [6.45, 7) is 1.16. The maximum Gasteiger partial charge on any atom is 0.337 e. The number of hydrogen-bond acceptors (Lipinski definition) is 10. The van der Waals surface area contributed by atoms with Gasteiger partial charge in [0.05, 0.1) is 42.5 Å². The number of nitro groups is 1. The summed E-state index contributed by atoms with van der Waals surface area (Å²) in [5.74, 6) is -0.293. The van der Waals surface area contributed by atoms with Crippen LogP contribution in [0.1, 0.15) is 24.3 Å². The Hall–Kier alpha value is -5.37. The third kappa shape index (κ3) is 6.67. The van der Waals surface area contributed by atoms with Crippen LogP contribution in [0, 0.1) is 10.1 Å². The number of carbonyl (C=O) groups is 3. The van der Waals surface area contributed by atoms with Gasteiger partial charge in [-0.25, -0.2) is 15.0 Å². The Balaban J connectivity index is 1.39. The highest BCUT2D eigenvalue weighted by Gasteiger charge is 2.32. The number of methoxy groups -OCH3 is 2. The van der Waals surface area contributed by atoms with Crippen molar-refractivity contribution in [2.75, 3.05) is 20.8 Å². The van der Waals surface area contributed by atoms with E-state index in [1.54, 1.807) is 19.1 Å². The fraction of sp³-hybridized carbons (Fsp3) is 0.185. The number of carbonyl (C=O) groups excluding carboxylic acids is 3. The second-order valence-corrected chi connectivity index (χ2v) is 9.11. The van der Waals surface area contributed by atoms with Crippen LogP contribution in [0.25, 0.3) is 11.3 Å². The Kier molecular flexibility index (Phi) is 9.07. The molecule has 0 bridgehead atoms. The van der Waals surface area contributed by atoms with Crippen LogP contribution >= 0.6 is 11.6 Å². The Bertz CT molecular complexity index is 1610. The Morgan fingerprint density at radius 1 is 1.17 bits per heavy atom. The molecule has 0 spiro atoms. The van der Waals surface area contributed by atoms with Crippen LogP contribution in [0.5, 0.6) is 11.5 Å². The number of urea groups is 1. The van der Waals surface area contributed by atoms with E-state index in [4.69, 9.17) is 30.2 Å². The molecule has 14 nitrogen and oxygen atoms in total. The monoisotopic (exact) mass is 597 g/mol. The second kappa shape index (κ2) is 12.9. The lowest BCUT2D eigenvalue weighted by Crippen LogP contribution is -2.45. The van der Waals surface area contributed by atoms with Crippen LogP contribution in [0.15, 0.2) is 69.3 Å². The molecule has 0 saturated heterocycles. The van der Waals surface area contributed by atoms with Gasteiger partial charge < -0.3 is 29.3 Å². The van der Waals surface area contributed by atoms with E-state index < -0.39 is 35.5 Å². The van der Waals surface area contributed by atoms with Crippen molar-refractivity contribution in [1.29, 1.82) is 0 Å². The lowest BCUT2D eigenvalue weighted by molar-refractivity contribution is -0.384. The summed E-state index contributed by atoms with van der Waals surface area (Å²) >= 11 is 5.86. The first kappa shape index (κ1) is 29.6. The van der Waals surface area contributed by atoms with Gasteiger partial charge in [0.15, 0.2) is 18.1 Å². The first-order chi connectivity index (χ1) is 20.1. The zero-order valence-corrected chi connectivity index (χ0v) is 23.2. The van der Waals surface area contributed by atoms with Gasteiger partial charge in [-0.2, -0.15) is 5.10 Å². The average molecular weight is 598 g/mol. The van der Waals surface area contributed by atoms with Gasteiger partial charge in [-0.15, -0.1) is 0 Å². The quantitative estimate of drug-likeness (QED) is 0.135. The standard InChI is InChI=1S/C27H24ClN5O9/c1-14-24(26(35)40-3)25(31-27(36)30-14)15-4-8-21(22(10-15)39-2)41-13-23(34)32-29-12-17-6-9-20(42-17)18-7-5-16(28)11-19(18)33(37)38/h4-12,25H,13H2,1-3H3,(H,32,34)(H2,30,31,36)/b29-12-/t25-/m0/s1. The molecule has 0 saturated carbocycles. The summed E-state index contributed by atoms with van der Waals surface area (Å²) in [4.78, 5) is 47.5. The normalized spacial score (nSPS) is 14.7. The number of furan rings is 1. The van der Waals surface area contributed by atoms with Crippen molar-refractivity contribution in [3.8, 4) is 22.8 Å². The number of rotatable bonds is 10. The third-order valence-corrected chi connectivity index (χ3v) is 6.22. The number of esters is 1. The van der Waals surface area contributed by atoms with Crippen LogP contribution in [-0.2, 0) is 14.3 Å². The zero-order valence-electron chi connectivity index (χ0n) is 22.4. The molecule has 4 rings (SSSR count). The maximum absolute atomic E-state index is 12.3. The van der Waals surface area contributed by atoms with E-state index in [-0.39, 0.29) is 44.9 Å². The van der Waals surface area contributed by atoms with Crippen LogP contribution in [0.3, 0.4) is 0 Å². The number of hydrogen-bond donors (Lipinski definition) is 3. The van der Waals surface area contributed by atoms with E-state index in [1.807, 2.05) is 0 Å². The minimum absolute atomic E-state index is 0.215. The summed E-state index contributed by atoms with van der Waals surface area (Å²) in [5, 5.41) is 20.6. The van der Waals surface area contributed by atoms with Crippen molar-refractivity contribution in [2.45, 2.75) is 13.0 Å². The maximum atomic E-state index is 12.3. The van der Waals surface area contributed by atoms with Gasteiger partial charge in [0.1, 0.15) is 11.5 Å². The smallest absolute Gasteiger partial charge is 0.337 e. The lowest BCUT2D eigenvalue weighted by Gasteiger charge is -2.28. The summed E-state index contributed by atoms with van der Waals surface area (Å²) < 4.78 is 21.4. The molecule has 42 heavy (non-hydrogen) atoms. The first-order valence-electron chi connectivity index (χ1n) is 12.1. The third-order valence-electron chi connectivity index (χ3n) is 5.98. The molecule has 0 aliphatic carbocycles. The number of hydrazone groups is 1. The first-order valence-corrected chi connectivity index (χ1v) is 12.5. The lowest BCUT2D eigenvalue weighted by atomic mass is 9.95. The largest absolute Gasteiger partial charge is 0.493 e. The van der Waals surface area contributed by atoms with Crippen molar-refractivity contribution in [2.24, 2.45) is 5.10 Å². The molecule has 15 heteroatoms. The molecule has 1 aromatic heterocycles. The number of allylic oxidation sites excluding steroid dienone is 1. The predicted molar refractivity (Wildman–Crippen MR) is 149 cm³/mol. The Morgan fingerprint density at radius 2 is 1.95 bits per heavy atom. The Labute approximate surface area is 243 Å². The average Bonchev–Trinajstić information content (AvgIpc) is 3.43. The molecule has 3 aromatic rings. The van der Waals surface area contributed by atoms with E-state index in [9.17, 15) is 24.5 Å². The highest BCUT2D eigenvalue weighted by Crippen LogP contribution is 2.35. The molecule has 2 aromatic carbocycles. The number of nitrogens with zero attached hydrogens (tertiary/aromatic N) is 2. The number of amides is 3. The number of benzene rings is 2. The number of nitrogens with one attached hydrogen (secondary N) is 3. The van der Waals surface area contributed by atoms with Gasteiger partial charge in [-0.3, -0.25) is 14.9 Å². The number of nitro benzene ring substituents is 1. The highest BCUT2D eigenvalue weighted by molar-refractivity contribution is 6.30. The fourth-order valence-corrected chi connectivity index (χ4v) is 4.25. The van der Waals surface area contributed by atoms with Crippen LogP contribution in [-0.4, -0.2) is 49.9 Å². The fourth-order valence-electron chi connectivity index (χ4n) is 4.08. The molecular formula is C27H24ClN5O9. The van der Waals surface area contributed by atoms with Crippen molar-refractivity contribution < 1.29 is 37.9 Å². The van der Waals surface area contributed by atoms with Crippen molar-refractivity contribution in [3.05, 3.63) is 86.3 Å². The summed E-state index contributed by atoms with van der Waals surface area (Å²) in [7, 11) is 2.64. The van der Waals surface area contributed by atoms with E-state index in [2.05, 4.69) is 21.2 Å². The van der Waals surface area contributed by atoms with Crippen LogP contribution in [0.4, 0.5) is 10.5 Å². The molecule has 1 aliphatic heterocycles. The van der Waals surface area contributed by atoms with Gasteiger partial charge in [-0.1, -0.05) is 17.7 Å². The van der Waals surface area contributed by atoms with Crippen molar-refractivity contribution in [3.63, 3.8) is 0 Å². The molecule has 0 unspecified atom stereocenters. The summed E-state index contributed by atoms with van der Waals surface area (Å²) in [6, 6.07) is 10.7. The summed E-state index contributed by atoms with van der Waals surface area (Å²) in [6.07, 6.45) is 1.22. The zero-order chi connectivity index (χ0) is 30.4. The van der Waals surface area contributed by atoms with Gasteiger partial charge in [0.25, 0.3) is 11.6 Å². The molecule has 3 amide bonds. The van der Waals surface area contributed by atoms with Gasteiger partial charge in [0.2, 0.25) is 0 Å². The number of halogens is 1. The van der Waals surface area contributed by atoms with Gasteiger partial charge >= 0.3 is 12.0 Å². The van der Waals surface area contributed by atoms with E-state index in [1.165, 1.54) is 56.8 Å². The van der Waals surface area contributed by atoms with E-state index >= 15 is 0 Å². The minimum Gasteiger partial charge on any atom is -0.493 e. The SMILES string of the molecule is COC(=O)C1=C(C)NC(=O)N[C@H]1c1ccc(OCC(=O)N/N=C\c2ccc(-c3ccc(Cl)cc3[N+](=O)[O-])o2)c(OC)c1. The molecule has 218 valence electrons. The van der Waals surface area contributed by atoms with Gasteiger partial charge in [0, 0.05) is 16.8 Å². The summed E-state index contributed by atoms with van der Waals surface area (Å²) in [5.41, 5.74) is 3.40. The van der Waals surface area contributed by atoms with E-state index in [0.29, 0.717) is 11.3 Å². The molecule has 1 atom stereocenters. The number of ether oxygens (including phenoxy) is 3. The second-order valence-electron chi connectivity index (χ2n) is 8.67. The molecule has 0 radical (unpaired) electrons. The van der Waals surface area contributed by atoms with Gasteiger partial charge in [-0.05, 0) is 48.9 Å². The minimum atomic E-state index is -0.806. The Morgan fingerprint density at radius 3 is 2.67 bits per heavy atom. The topological polar surface area (TPSA) is 184 Å². The molecule has 1 aliphatic rings. The van der Waals surface area contributed by atoms with Crippen molar-refractivity contribution in [1.82, 2.24) is 16.1 Å². The highest BCUT2D eigenvalue weighted by atomic mass is 35.5. The molecular weight excluding hydrogens is 574 g/mol. The molecule has 2 heterocycles. The predicted octanol–water partition coefficient (Wildman–Crippen LogP) is 3.85.